The van der Waals surface area contributed by atoms with Crippen LogP contribution in [0.2, 0.25) is 0 Å². The highest BCUT2D eigenvalue weighted by Crippen LogP contribution is 2.15. The molecule has 11 heteroatoms. The molecule has 34 heavy (non-hydrogen) atoms. The number of rotatable bonds is 13. The Labute approximate surface area is 200 Å². The number of hydrogen-bond acceptors (Lipinski definition) is 7. The van der Waals surface area contributed by atoms with Crippen molar-refractivity contribution in [3.8, 4) is 0 Å². The van der Waals surface area contributed by atoms with Gasteiger partial charge < -0.3 is 30.7 Å². The van der Waals surface area contributed by atoms with Crippen molar-refractivity contribution in [3.63, 3.8) is 0 Å². The third-order valence-corrected chi connectivity index (χ3v) is 5.04. The molecule has 0 aliphatic heterocycles. The maximum absolute atomic E-state index is 12.5. The van der Waals surface area contributed by atoms with Crippen LogP contribution in [0, 0.1) is 0 Å². The molecule has 1 aliphatic carbocycles. The number of allylic oxidation sites excluding steroid dienone is 2. The van der Waals surface area contributed by atoms with Crippen LogP contribution in [0.4, 0.5) is 4.79 Å². The molecule has 4 amide bonds. The molecule has 1 unspecified atom stereocenters. The summed E-state index contributed by atoms with van der Waals surface area (Å²) < 4.78 is 10.3. The molecule has 0 radical (unpaired) electrons. The molecule has 0 saturated heterocycles. The van der Waals surface area contributed by atoms with Crippen LogP contribution in [-0.2, 0) is 28.7 Å². The maximum Gasteiger partial charge on any atom is 0.407 e. The van der Waals surface area contributed by atoms with E-state index in [0.717, 1.165) is 32.1 Å². The molecule has 0 aromatic rings. The van der Waals surface area contributed by atoms with Crippen LogP contribution in [0.5, 0.6) is 0 Å². The third-order valence-electron chi connectivity index (χ3n) is 5.04. The summed E-state index contributed by atoms with van der Waals surface area (Å²) in [6.07, 6.45) is 9.63. The van der Waals surface area contributed by atoms with Crippen LogP contribution in [-0.4, -0.2) is 68.2 Å². The highest BCUT2D eigenvalue weighted by molar-refractivity contribution is 5.91. The highest BCUT2D eigenvalue weighted by Gasteiger charge is 2.21. The van der Waals surface area contributed by atoms with Gasteiger partial charge in [0, 0.05) is 13.5 Å². The lowest BCUT2D eigenvalue weighted by Gasteiger charge is -2.19. The fourth-order valence-electron chi connectivity index (χ4n) is 3.31. The van der Waals surface area contributed by atoms with E-state index in [2.05, 4.69) is 33.4 Å². The summed E-state index contributed by atoms with van der Waals surface area (Å²) in [5.41, 5.74) is 0. The van der Waals surface area contributed by atoms with Crippen LogP contribution in [0.25, 0.3) is 0 Å². The quantitative estimate of drug-likeness (QED) is 0.174. The molecule has 2 atom stereocenters. The maximum atomic E-state index is 12.5. The number of carbonyl (C=O) groups excluding carboxylic acids is 5. The first-order chi connectivity index (χ1) is 16.3. The van der Waals surface area contributed by atoms with E-state index in [1.54, 1.807) is 6.92 Å². The van der Waals surface area contributed by atoms with Crippen LogP contribution in [0.15, 0.2) is 12.2 Å². The molecule has 0 heterocycles. The van der Waals surface area contributed by atoms with Gasteiger partial charge in [-0.2, -0.15) is 0 Å². The van der Waals surface area contributed by atoms with E-state index >= 15 is 0 Å². The van der Waals surface area contributed by atoms with E-state index in [4.69, 9.17) is 9.47 Å². The lowest BCUT2D eigenvalue weighted by molar-refractivity contribution is -0.143. The van der Waals surface area contributed by atoms with E-state index in [1.165, 1.54) is 6.92 Å². The fraction of sp³-hybridized carbons (Fsp3) is 0.696. The van der Waals surface area contributed by atoms with Crippen LogP contribution < -0.4 is 21.3 Å². The normalized spacial score (nSPS) is 17.2. The minimum atomic E-state index is -0.898. The standard InChI is InChI=1S/C23H38N4O7/c1-3-33-21(30)16-26-22(31)19(27-20(29)15-25-17(2)28)13-9-10-14-24-23(32)34-18-11-7-5-4-6-8-12-18/h4-5,18-19H,3,6-16H2,1-2H3,(H,24,32)(H,25,28)(H,26,31)(H,27,29)/b5-4+/t18?,19-/m0/s1. The number of amides is 4. The Hall–Kier alpha value is -3.11. The summed E-state index contributed by atoms with van der Waals surface area (Å²) in [6, 6.07) is -0.898. The predicted octanol–water partition coefficient (Wildman–Crippen LogP) is 1.07. The van der Waals surface area contributed by atoms with Gasteiger partial charge in [0.05, 0.1) is 13.2 Å². The molecule has 192 valence electrons. The van der Waals surface area contributed by atoms with Crippen molar-refractivity contribution < 1.29 is 33.4 Å². The van der Waals surface area contributed by atoms with Crippen LogP contribution in [0.3, 0.4) is 0 Å². The van der Waals surface area contributed by atoms with Crippen molar-refractivity contribution >= 4 is 29.8 Å². The monoisotopic (exact) mass is 482 g/mol. The smallest absolute Gasteiger partial charge is 0.407 e. The van der Waals surface area contributed by atoms with Gasteiger partial charge in [-0.1, -0.05) is 12.2 Å². The summed E-state index contributed by atoms with van der Waals surface area (Å²) in [6.45, 7) is 2.92. The SMILES string of the molecule is CCOC(=O)CNC(=O)[C@H](CCCCNC(=O)OC1CC/C=C/CCC1)NC(=O)CNC(C)=O. The minimum Gasteiger partial charge on any atom is -0.465 e. The first-order valence-corrected chi connectivity index (χ1v) is 11.9. The Bertz CT molecular complexity index is 711. The van der Waals surface area contributed by atoms with E-state index in [9.17, 15) is 24.0 Å². The summed E-state index contributed by atoms with van der Waals surface area (Å²) in [4.78, 5) is 59.0. The molecule has 0 saturated carbocycles. The van der Waals surface area contributed by atoms with Gasteiger partial charge >= 0.3 is 12.1 Å². The zero-order valence-corrected chi connectivity index (χ0v) is 20.2. The Kier molecular flexibility index (Phi) is 14.8. The number of esters is 1. The van der Waals surface area contributed by atoms with Crippen molar-refractivity contribution in [2.24, 2.45) is 0 Å². The molecule has 1 aliphatic rings. The molecule has 0 bridgehead atoms. The van der Waals surface area contributed by atoms with Crippen molar-refractivity contribution in [3.05, 3.63) is 12.2 Å². The zero-order chi connectivity index (χ0) is 25.2. The van der Waals surface area contributed by atoms with Gasteiger partial charge in [-0.15, -0.1) is 0 Å². The number of carbonyl (C=O) groups is 5. The summed E-state index contributed by atoms with van der Waals surface area (Å²) in [7, 11) is 0. The van der Waals surface area contributed by atoms with Gasteiger partial charge in [0.25, 0.3) is 0 Å². The van der Waals surface area contributed by atoms with Gasteiger partial charge in [-0.25, -0.2) is 4.79 Å². The Morgan fingerprint density at radius 2 is 1.74 bits per heavy atom. The van der Waals surface area contributed by atoms with E-state index in [-0.39, 0.29) is 38.1 Å². The number of hydrogen-bond donors (Lipinski definition) is 4. The molecule has 0 aromatic heterocycles. The number of unbranched alkanes of at least 4 members (excludes halogenated alkanes) is 1. The second kappa shape index (κ2) is 17.4. The summed E-state index contributed by atoms with van der Waals surface area (Å²) >= 11 is 0. The van der Waals surface area contributed by atoms with Gasteiger partial charge in [0.1, 0.15) is 18.7 Å². The van der Waals surface area contributed by atoms with Gasteiger partial charge in [0.2, 0.25) is 17.7 Å². The lowest BCUT2D eigenvalue weighted by Crippen LogP contribution is -2.50. The fourth-order valence-corrected chi connectivity index (χ4v) is 3.31. The lowest BCUT2D eigenvalue weighted by atomic mass is 10.0. The van der Waals surface area contributed by atoms with Gasteiger partial charge in [-0.05, 0) is 58.3 Å². The Morgan fingerprint density at radius 1 is 0.971 bits per heavy atom. The third kappa shape index (κ3) is 14.1. The summed E-state index contributed by atoms with van der Waals surface area (Å²) in [5.74, 6) is -2.01. The van der Waals surface area contributed by atoms with Crippen molar-refractivity contribution in [2.75, 3.05) is 26.2 Å². The second-order valence-corrected chi connectivity index (χ2v) is 7.98. The molecule has 0 fully saturated rings. The molecule has 0 aromatic carbocycles. The highest BCUT2D eigenvalue weighted by atomic mass is 16.6. The molecule has 1 rings (SSSR count). The molecular formula is C23H38N4O7. The molecule has 4 N–H and O–H groups in total. The molecule has 11 nitrogen and oxygen atoms in total. The number of alkyl carbamates (subject to hydrolysis) is 1. The Morgan fingerprint density at radius 3 is 2.47 bits per heavy atom. The van der Waals surface area contributed by atoms with Crippen molar-refractivity contribution in [1.29, 1.82) is 0 Å². The Balaban J connectivity index is 2.41. The van der Waals surface area contributed by atoms with E-state index in [1.807, 2.05) is 0 Å². The van der Waals surface area contributed by atoms with Gasteiger partial charge in [-0.3, -0.25) is 19.2 Å². The van der Waals surface area contributed by atoms with Crippen LogP contribution in [0.1, 0.15) is 65.2 Å². The van der Waals surface area contributed by atoms with Gasteiger partial charge in [0.15, 0.2) is 0 Å². The molecule has 0 spiro atoms. The average Bonchev–Trinajstić information content (AvgIpc) is 2.77. The predicted molar refractivity (Wildman–Crippen MR) is 125 cm³/mol. The number of ether oxygens (including phenoxy) is 2. The van der Waals surface area contributed by atoms with Crippen LogP contribution >= 0.6 is 0 Å². The zero-order valence-electron chi connectivity index (χ0n) is 20.2. The second-order valence-electron chi connectivity index (χ2n) is 7.98. The van der Waals surface area contributed by atoms with E-state index in [0.29, 0.717) is 19.4 Å². The van der Waals surface area contributed by atoms with Crippen molar-refractivity contribution in [1.82, 2.24) is 21.3 Å². The first-order valence-electron chi connectivity index (χ1n) is 11.9. The topological polar surface area (TPSA) is 152 Å². The largest absolute Gasteiger partial charge is 0.465 e. The minimum absolute atomic E-state index is 0.0868. The van der Waals surface area contributed by atoms with Crippen molar-refractivity contribution in [2.45, 2.75) is 77.4 Å². The average molecular weight is 483 g/mol. The van der Waals surface area contributed by atoms with E-state index < -0.39 is 29.9 Å². The summed E-state index contributed by atoms with van der Waals surface area (Å²) in [5, 5.41) is 10.1. The first kappa shape index (κ1) is 28.9. The number of nitrogens with one attached hydrogen (secondary N) is 4. The molecular weight excluding hydrogens is 444 g/mol.